The van der Waals surface area contributed by atoms with Gasteiger partial charge in [0.05, 0.1) is 6.10 Å². The Morgan fingerprint density at radius 1 is 1.38 bits per heavy atom. The zero-order chi connectivity index (χ0) is 10.1. The monoisotopic (exact) mass is 188 g/mol. The molecule has 0 amide bonds. The first-order valence-electron chi connectivity index (χ1n) is 5.04. The molecule has 1 unspecified atom stereocenters. The van der Waals surface area contributed by atoms with Crippen LogP contribution in [0.25, 0.3) is 0 Å². The molecule has 0 heterocycles. The van der Waals surface area contributed by atoms with Crippen molar-refractivity contribution in [3.8, 4) is 0 Å². The molecule has 0 rings (SSSR count). The van der Waals surface area contributed by atoms with E-state index in [0.29, 0.717) is 0 Å². The number of aliphatic carboxylic acids is 1. The van der Waals surface area contributed by atoms with Crippen molar-refractivity contribution in [3.05, 3.63) is 0 Å². The summed E-state index contributed by atoms with van der Waals surface area (Å²) >= 11 is 0. The number of hydrogen-bond donors (Lipinski definition) is 1. The minimum Gasteiger partial charge on any atom is -0.480 e. The standard InChI is InChI=1S/C10H20O3/c1-3-5-6-7-9(4-2)13-8-10(11)12/h9H,3-8H2,1-2H3,(H,11,12). The number of carboxylic acids is 1. The van der Waals surface area contributed by atoms with Gasteiger partial charge in [0, 0.05) is 0 Å². The van der Waals surface area contributed by atoms with Gasteiger partial charge in [-0.25, -0.2) is 4.79 Å². The second-order valence-electron chi connectivity index (χ2n) is 3.23. The molecule has 0 radical (unpaired) electrons. The van der Waals surface area contributed by atoms with E-state index in [1.807, 2.05) is 6.92 Å². The summed E-state index contributed by atoms with van der Waals surface area (Å²) in [5.74, 6) is -0.881. The van der Waals surface area contributed by atoms with Gasteiger partial charge in [0.1, 0.15) is 6.61 Å². The van der Waals surface area contributed by atoms with E-state index in [2.05, 4.69) is 6.92 Å². The highest BCUT2D eigenvalue weighted by atomic mass is 16.5. The van der Waals surface area contributed by atoms with Crippen molar-refractivity contribution in [1.29, 1.82) is 0 Å². The second-order valence-corrected chi connectivity index (χ2v) is 3.23. The topological polar surface area (TPSA) is 46.5 Å². The van der Waals surface area contributed by atoms with Crippen LogP contribution in [-0.4, -0.2) is 23.8 Å². The first kappa shape index (κ1) is 12.4. The molecule has 0 fully saturated rings. The van der Waals surface area contributed by atoms with Crippen molar-refractivity contribution < 1.29 is 14.6 Å². The van der Waals surface area contributed by atoms with E-state index in [1.54, 1.807) is 0 Å². The van der Waals surface area contributed by atoms with Crippen LogP contribution < -0.4 is 0 Å². The predicted octanol–water partition coefficient (Wildman–Crippen LogP) is 2.45. The molecule has 0 saturated heterocycles. The van der Waals surface area contributed by atoms with Gasteiger partial charge in [-0.2, -0.15) is 0 Å². The van der Waals surface area contributed by atoms with Gasteiger partial charge in [0.2, 0.25) is 0 Å². The van der Waals surface area contributed by atoms with Crippen molar-refractivity contribution >= 4 is 5.97 Å². The Labute approximate surface area is 80.1 Å². The first-order chi connectivity index (χ1) is 6.20. The minimum atomic E-state index is -0.881. The number of hydrogen-bond acceptors (Lipinski definition) is 2. The Balaban J connectivity index is 3.45. The summed E-state index contributed by atoms with van der Waals surface area (Å²) < 4.78 is 5.20. The molecule has 0 aromatic heterocycles. The third kappa shape index (κ3) is 7.78. The molecule has 0 aliphatic rings. The van der Waals surface area contributed by atoms with Crippen molar-refractivity contribution in [2.45, 2.75) is 52.1 Å². The average Bonchev–Trinajstić information content (AvgIpc) is 2.10. The fourth-order valence-electron chi connectivity index (χ4n) is 1.22. The molecule has 0 aliphatic heterocycles. The lowest BCUT2D eigenvalue weighted by Gasteiger charge is -2.13. The van der Waals surface area contributed by atoms with Gasteiger partial charge >= 0.3 is 5.97 Å². The summed E-state index contributed by atoms with van der Waals surface area (Å²) in [6.07, 6.45) is 5.54. The highest BCUT2D eigenvalue weighted by molar-refractivity contribution is 5.68. The maximum Gasteiger partial charge on any atom is 0.329 e. The Kier molecular flexibility index (Phi) is 7.69. The molecular formula is C10H20O3. The van der Waals surface area contributed by atoms with Crippen LogP contribution in [0.1, 0.15) is 46.0 Å². The molecule has 0 saturated carbocycles. The quantitative estimate of drug-likeness (QED) is 0.595. The van der Waals surface area contributed by atoms with E-state index >= 15 is 0 Å². The Morgan fingerprint density at radius 2 is 2.08 bits per heavy atom. The van der Waals surface area contributed by atoms with Gasteiger partial charge < -0.3 is 9.84 Å². The lowest BCUT2D eigenvalue weighted by atomic mass is 10.1. The molecule has 13 heavy (non-hydrogen) atoms. The zero-order valence-electron chi connectivity index (χ0n) is 8.58. The van der Waals surface area contributed by atoms with Crippen LogP contribution in [0.5, 0.6) is 0 Å². The van der Waals surface area contributed by atoms with E-state index in [9.17, 15) is 4.79 Å². The summed E-state index contributed by atoms with van der Waals surface area (Å²) in [6, 6.07) is 0. The van der Waals surface area contributed by atoms with Crippen molar-refractivity contribution in [2.24, 2.45) is 0 Å². The van der Waals surface area contributed by atoms with Gasteiger partial charge in [-0.1, -0.05) is 33.1 Å². The third-order valence-corrected chi connectivity index (χ3v) is 2.03. The smallest absolute Gasteiger partial charge is 0.329 e. The van der Waals surface area contributed by atoms with Crippen molar-refractivity contribution in [3.63, 3.8) is 0 Å². The van der Waals surface area contributed by atoms with Crippen LogP contribution >= 0.6 is 0 Å². The fourth-order valence-corrected chi connectivity index (χ4v) is 1.22. The average molecular weight is 188 g/mol. The first-order valence-corrected chi connectivity index (χ1v) is 5.04. The summed E-state index contributed by atoms with van der Waals surface area (Å²) in [5.41, 5.74) is 0. The van der Waals surface area contributed by atoms with Gasteiger partial charge in [0.15, 0.2) is 0 Å². The molecule has 1 N–H and O–H groups in total. The molecule has 0 aromatic rings. The molecule has 78 valence electrons. The van der Waals surface area contributed by atoms with Crippen LogP contribution in [0.3, 0.4) is 0 Å². The highest BCUT2D eigenvalue weighted by Gasteiger charge is 2.07. The molecule has 0 aromatic carbocycles. The number of carboxylic acid groups (broad SMARTS) is 1. The number of carbonyl (C=O) groups is 1. The largest absolute Gasteiger partial charge is 0.480 e. The summed E-state index contributed by atoms with van der Waals surface area (Å²) in [4.78, 5) is 10.2. The van der Waals surface area contributed by atoms with E-state index < -0.39 is 5.97 Å². The maximum atomic E-state index is 10.2. The van der Waals surface area contributed by atoms with Gasteiger partial charge in [-0.15, -0.1) is 0 Å². The van der Waals surface area contributed by atoms with Crippen LogP contribution in [0.2, 0.25) is 0 Å². The summed E-state index contributed by atoms with van der Waals surface area (Å²) in [5, 5.41) is 8.40. The third-order valence-electron chi connectivity index (χ3n) is 2.03. The van der Waals surface area contributed by atoms with Crippen LogP contribution in [0, 0.1) is 0 Å². The molecule has 0 bridgehead atoms. The maximum absolute atomic E-state index is 10.2. The minimum absolute atomic E-state index is 0.127. The van der Waals surface area contributed by atoms with Gasteiger partial charge in [-0.05, 0) is 12.8 Å². The van der Waals surface area contributed by atoms with Crippen LogP contribution in [0.15, 0.2) is 0 Å². The number of ether oxygens (including phenoxy) is 1. The lowest BCUT2D eigenvalue weighted by Crippen LogP contribution is -2.17. The van der Waals surface area contributed by atoms with Gasteiger partial charge in [0.25, 0.3) is 0 Å². The van der Waals surface area contributed by atoms with E-state index in [-0.39, 0.29) is 12.7 Å². The summed E-state index contributed by atoms with van der Waals surface area (Å²) in [7, 11) is 0. The SMILES string of the molecule is CCCCCC(CC)OCC(=O)O. The zero-order valence-corrected chi connectivity index (χ0v) is 8.58. The van der Waals surface area contributed by atoms with Crippen LogP contribution in [-0.2, 0) is 9.53 Å². The van der Waals surface area contributed by atoms with Crippen molar-refractivity contribution in [1.82, 2.24) is 0 Å². The molecule has 0 aliphatic carbocycles. The van der Waals surface area contributed by atoms with E-state index in [1.165, 1.54) is 12.8 Å². The normalized spacial score (nSPS) is 12.8. The molecular weight excluding hydrogens is 168 g/mol. The molecule has 0 spiro atoms. The Morgan fingerprint density at radius 3 is 2.54 bits per heavy atom. The fraction of sp³-hybridized carbons (Fsp3) is 0.900. The van der Waals surface area contributed by atoms with Crippen molar-refractivity contribution in [2.75, 3.05) is 6.61 Å². The molecule has 1 atom stereocenters. The Hall–Kier alpha value is -0.570. The number of rotatable bonds is 8. The number of unbranched alkanes of at least 4 members (excludes halogenated alkanes) is 2. The van der Waals surface area contributed by atoms with E-state index in [4.69, 9.17) is 9.84 Å². The predicted molar refractivity (Wildman–Crippen MR) is 51.8 cm³/mol. The summed E-state index contributed by atoms with van der Waals surface area (Å²) in [6.45, 7) is 4.02. The lowest BCUT2D eigenvalue weighted by molar-refractivity contribution is -0.144. The molecule has 3 nitrogen and oxygen atoms in total. The Bertz CT molecular complexity index is 134. The van der Waals surface area contributed by atoms with E-state index in [0.717, 1.165) is 19.3 Å². The van der Waals surface area contributed by atoms with Crippen LogP contribution in [0.4, 0.5) is 0 Å². The highest BCUT2D eigenvalue weighted by Crippen LogP contribution is 2.09. The van der Waals surface area contributed by atoms with Gasteiger partial charge in [-0.3, -0.25) is 0 Å². The molecule has 3 heteroatoms. The second kappa shape index (κ2) is 8.05.